The minimum Gasteiger partial charge on any atom is -0.382 e. The molecule has 3 heteroatoms. The zero-order chi connectivity index (χ0) is 9.19. The zero-order valence-corrected chi connectivity index (χ0v) is 8.02. The van der Waals surface area contributed by atoms with E-state index in [0.717, 1.165) is 18.5 Å². The summed E-state index contributed by atoms with van der Waals surface area (Å²) < 4.78 is 0. The molecule has 0 atom stereocenters. The third kappa shape index (κ3) is 2.26. The van der Waals surface area contributed by atoms with Crippen molar-refractivity contribution in [3.05, 3.63) is 11.8 Å². The summed E-state index contributed by atoms with van der Waals surface area (Å²) >= 11 is 0. The molecule has 1 heterocycles. The van der Waals surface area contributed by atoms with Gasteiger partial charge in [0, 0.05) is 11.8 Å². The molecule has 0 saturated heterocycles. The average molecular weight is 167 g/mol. The third-order valence-corrected chi connectivity index (χ3v) is 2.28. The van der Waals surface area contributed by atoms with Crippen molar-refractivity contribution in [3.63, 3.8) is 0 Å². The van der Waals surface area contributed by atoms with Crippen LogP contribution in [0.4, 0.5) is 5.82 Å². The number of hydrogen-bond donors (Lipinski definition) is 2. The van der Waals surface area contributed by atoms with Gasteiger partial charge in [0.05, 0.1) is 0 Å². The van der Waals surface area contributed by atoms with Crippen LogP contribution in [0.25, 0.3) is 0 Å². The Labute approximate surface area is 73.4 Å². The second-order valence-corrected chi connectivity index (χ2v) is 4.01. The number of nitrogens with zero attached hydrogens (tertiary/aromatic N) is 1. The van der Waals surface area contributed by atoms with Crippen LogP contribution in [0, 0.1) is 5.41 Å². The molecular formula is C9H17N3. The molecule has 12 heavy (non-hydrogen) atoms. The normalized spacial score (nSPS) is 11.9. The highest BCUT2D eigenvalue weighted by Crippen LogP contribution is 2.24. The number of nitrogens with one attached hydrogen (secondary N) is 1. The van der Waals surface area contributed by atoms with Gasteiger partial charge in [0.2, 0.25) is 0 Å². The van der Waals surface area contributed by atoms with Crippen LogP contribution in [-0.2, 0) is 6.42 Å². The molecule has 1 rings (SSSR count). The Bertz CT molecular complexity index is 250. The highest BCUT2D eigenvalue weighted by atomic mass is 15.2. The molecule has 0 aromatic carbocycles. The largest absolute Gasteiger partial charge is 0.382 e. The molecule has 3 N–H and O–H groups in total. The fraction of sp³-hybridized carbons (Fsp3) is 0.667. The van der Waals surface area contributed by atoms with Gasteiger partial charge in [-0.1, -0.05) is 27.2 Å². The lowest BCUT2D eigenvalue weighted by Gasteiger charge is -2.20. The van der Waals surface area contributed by atoms with E-state index in [0.29, 0.717) is 11.2 Å². The fourth-order valence-electron chi connectivity index (χ4n) is 1.11. The average Bonchev–Trinajstić information content (AvgIpc) is 2.35. The SMILES string of the molecule is CCC(C)(C)Cc1cc(N)n[nH]1. The molecule has 0 bridgehead atoms. The standard InChI is InChI=1S/C9H17N3/c1-4-9(2,3)6-7-5-8(10)12-11-7/h5H,4,6H2,1-3H3,(H3,10,11,12). The lowest BCUT2D eigenvalue weighted by molar-refractivity contribution is 0.345. The molecule has 0 saturated carbocycles. The Morgan fingerprint density at radius 1 is 1.58 bits per heavy atom. The number of aromatic amines is 1. The lowest BCUT2D eigenvalue weighted by atomic mass is 9.85. The quantitative estimate of drug-likeness (QED) is 0.723. The van der Waals surface area contributed by atoms with Crippen LogP contribution < -0.4 is 5.73 Å². The van der Waals surface area contributed by atoms with Crippen molar-refractivity contribution in [2.45, 2.75) is 33.6 Å². The Morgan fingerprint density at radius 2 is 2.25 bits per heavy atom. The van der Waals surface area contributed by atoms with Gasteiger partial charge in [-0.2, -0.15) is 5.10 Å². The van der Waals surface area contributed by atoms with Crippen molar-refractivity contribution < 1.29 is 0 Å². The van der Waals surface area contributed by atoms with Crippen LogP contribution >= 0.6 is 0 Å². The van der Waals surface area contributed by atoms with Gasteiger partial charge in [0.15, 0.2) is 0 Å². The second-order valence-electron chi connectivity index (χ2n) is 4.01. The van der Waals surface area contributed by atoms with Crippen LogP contribution in [-0.4, -0.2) is 10.2 Å². The smallest absolute Gasteiger partial charge is 0.145 e. The minimum absolute atomic E-state index is 0.332. The summed E-state index contributed by atoms with van der Waals surface area (Å²) in [7, 11) is 0. The van der Waals surface area contributed by atoms with E-state index in [1.807, 2.05) is 6.07 Å². The van der Waals surface area contributed by atoms with Crippen LogP contribution in [0.2, 0.25) is 0 Å². The summed E-state index contributed by atoms with van der Waals surface area (Å²) in [6.07, 6.45) is 2.17. The molecular weight excluding hydrogens is 150 g/mol. The molecule has 0 spiro atoms. The molecule has 3 nitrogen and oxygen atoms in total. The summed E-state index contributed by atoms with van der Waals surface area (Å²) in [6, 6.07) is 1.90. The van der Waals surface area contributed by atoms with E-state index in [2.05, 4.69) is 31.0 Å². The van der Waals surface area contributed by atoms with Crippen molar-refractivity contribution >= 4 is 5.82 Å². The number of nitrogen functional groups attached to an aromatic ring is 1. The molecule has 0 fully saturated rings. The van der Waals surface area contributed by atoms with Crippen LogP contribution in [0.5, 0.6) is 0 Å². The van der Waals surface area contributed by atoms with Gasteiger partial charge < -0.3 is 5.73 Å². The molecule has 0 radical (unpaired) electrons. The van der Waals surface area contributed by atoms with Gasteiger partial charge in [0.25, 0.3) is 0 Å². The van der Waals surface area contributed by atoms with E-state index in [4.69, 9.17) is 5.73 Å². The third-order valence-electron chi connectivity index (χ3n) is 2.28. The van der Waals surface area contributed by atoms with E-state index in [-0.39, 0.29) is 0 Å². The van der Waals surface area contributed by atoms with Crippen molar-refractivity contribution in [1.82, 2.24) is 10.2 Å². The Hall–Kier alpha value is -0.990. The summed E-state index contributed by atoms with van der Waals surface area (Å²) in [5.41, 5.74) is 6.95. The first-order valence-electron chi connectivity index (χ1n) is 4.33. The van der Waals surface area contributed by atoms with E-state index in [9.17, 15) is 0 Å². The molecule has 0 amide bonds. The summed E-state index contributed by atoms with van der Waals surface area (Å²) in [6.45, 7) is 6.67. The van der Waals surface area contributed by atoms with Crippen molar-refractivity contribution in [2.24, 2.45) is 5.41 Å². The molecule has 1 aromatic rings. The van der Waals surface area contributed by atoms with Crippen molar-refractivity contribution in [3.8, 4) is 0 Å². The summed E-state index contributed by atoms with van der Waals surface area (Å²) in [5.74, 6) is 0.580. The fourth-order valence-corrected chi connectivity index (χ4v) is 1.11. The highest BCUT2D eigenvalue weighted by Gasteiger charge is 2.16. The monoisotopic (exact) mass is 167 g/mol. The van der Waals surface area contributed by atoms with Gasteiger partial charge in [0.1, 0.15) is 5.82 Å². The number of aromatic nitrogens is 2. The van der Waals surface area contributed by atoms with E-state index in [1.54, 1.807) is 0 Å². The zero-order valence-electron chi connectivity index (χ0n) is 8.02. The number of nitrogens with two attached hydrogens (primary N) is 1. The van der Waals surface area contributed by atoms with Crippen LogP contribution in [0.1, 0.15) is 32.9 Å². The van der Waals surface area contributed by atoms with Gasteiger partial charge in [-0.05, 0) is 11.8 Å². The second kappa shape index (κ2) is 3.17. The number of rotatable bonds is 3. The highest BCUT2D eigenvalue weighted by molar-refractivity contribution is 5.28. The Morgan fingerprint density at radius 3 is 2.67 bits per heavy atom. The maximum absolute atomic E-state index is 5.50. The van der Waals surface area contributed by atoms with Gasteiger partial charge in [-0.15, -0.1) is 0 Å². The maximum Gasteiger partial charge on any atom is 0.145 e. The summed E-state index contributed by atoms with van der Waals surface area (Å²) in [5, 5.41) is 6.81. The van der Waals surface area contributed by atoms with Gasteiger partial charge >= 0.3 is 0 Å². The van der Waals surface area contributed by atoms with E-state index in [1.165, 1.54) is 0 Å². The Kier molecular flexibility index (Phi) is 2.40. The van der Waals surface area contributed by atoms with Gasteiger partial charge in [-0.25, -0.2) is 0 Å². The predicted octanol–water partition coefficient (Wildman–Crippen LogP) is 1.97. The van der Waals surface area contributed by atoms with E-state index >= 15 is 0 Å². The van der Waals surface area contributed by atoms with Crippen LogP contribution in [0.3, 0.4) is 0 Å². The molecule has 1 aromatic heterocycles. The van der Waals surface area contributed by atoms with Gasteiger partial charge in [-0.3, -0.25) is 5.10 Å². The lowest BCUT2D eigenvalue weighted by Crippen LogP contribution is -2.13. The summed E-state index contributed by atoms with van der Waals surface area (Å²) in [4.78, 5) is 0. The molecule has 0 aliphatic carbocycles. The molecule has 0 aliphatic heterocycles. The first kappa shape index (κ1) is 9.10. The maximum atomic E-state index is 5.50. The number of H-pyrrole nitrogens is 1. The number of anilines is 1. The number of hydrogen-bond acceptors (Lipinski definition) is 2. The first-order chi connectivity index (χ1) is 5.53. The van der Waals surface area contributed by atoms with Crippen molar-refractivity contribution in [1.29, 1.82) is 0 Å². The molecule has 68 valence electrons. The molecule has 0 unspecified atom stereocenters. The van der Waals surface area contributed by atoms with Crippen LogP contribution in [0.15, 0.2) is 6.07 Å². The van der Waals surface area contributed by atoms with Crippen molar-refractivity contribution in [2.75, 3.05) is 5.73 Å². The minimum atomic E-state index is 0.332. The first-order valence-corrected chi connectivity index (χ1v) is 4.33. The Balaban J connectivity index is 2.63. The predicted molar refractivity (Wildman–Crippen MR) is 50.8 cm³/mol. The molecule has 0 aliphatic rings. The topological polar surface area (TPSA) is 54.7 Å². The van der Waals surface area contributed by atoms with E-state index < -0.39 is 0 Å².